The number of halogens is 1. The molecule has 126 valence electrons. The van der Waals surface area contributed by atoms with Crippen molar-refractivity contribution in [2.75, 3.05) is 18.5 Å². The van der Waals surface area contributed by atoms with Crippen LogP contribution in [0.3, 0.4) is 0 Å². The Bertz CT molecular complexity index is 613. The number of amides is 1. The van der Waals surface area contributed by atoms with Crippen molar-refractivity contribution in [3.63, 3.8) is 0 Å². The molecule has 0 spiro atoms. The molecule has 0 unspecified atom stereocenters. The highest BCUT2D eigenvalue weighted by Crippen LogP contribution is 2.19. The molecule has 0 saturated heterocycles. The average Bonchev–Trinajstić information content (AvgIpc) is 3.01. The molecule has 0 radical (unpaired) electrons. The zero-order chi connectivity index (χ0) is 15.9. The molecule has 0 saturated carbocycles. The summed E-state index contributed by atoms with van der Waals surface area (Å²) in [6.07, 6.45) is 4.18. The van der Waals surface area contributed by atoms with Gasteiger partial charge in [0.1, 0.15) is 5.69 Å². The number of nitrogens with two attached hydrogens (primary N) is 1. The number of hydrogen-bond donors (Lipinski definition) is 1. The predicted octanol–water partition coefficient (Wildman–Crippen LogP) is 3.69. The van der Waals surface area contributed by atoms with Crippen molar-refractivity contribution in [1.82, 2.24) is 4.98 Å². The van der Waals surface area contributed by atoms with Crippen LogP contribution in [0.4, 0.5) is 5.69 Å². The Labute approximate surface area is 148 Å². The van der Waals surface area contributed by atoms with E-state index in [4.69, 9.17) is 5.73 Å². The second-order valence-corrected chi connectivity index (χ2v) is 6.24. The smallest absolute Gasteiger partial charge is 0.277 e. The number of benzene rings is 1. The van der Waals surface area contributed by atoms with Gasteiger partial charge in [-0.15, -0.1) is 23.7 Å². The lowest BCUT2D eigenvalue weighted by atomic mass is 10.1. The summed E-state index contributed by atoms with van der Waals surface area (Å²) < 4.78 is 0. The molecule has 2 N–H and O–H groups in total. The van der Waals surface area contributed by atoms with E-state index in [2.05, 4.69) is 24.0 Å². The number of hydrogen-bond acceptors (Lipinski definition) is 4. The Morgan fingerprint density at radius 1 is 1.26 bits per heavy atom. The van der Waals surface area contributed by atoms with Crippen LogP contribution in [0.2, 0.25) is 0 Å². The monoisotopic (exact) mass is 353 g/mol. The molecule has 0 aliphatic rings. The predicted molar refractivity (Wildman–Crippen MR) is 99.9 cm³/mol. The Morgan fingerprint density at radius 2 is 1.96 bits per heavy atom. The third-order valence-corrected chi connectivity index (χ3v) is 4.48. The van der Waals surface area contributed by atoms with Gasteiger partial charge in [-0.2, -0.15) is 0 Å². The summed E-state index contributed by atoms with van der Waals surface area (Å²) in [6, 6.07) is 8.18. The van der Waals surface area contributed by atoms with E-state index in [9.17, 15) is 4.79 Å². The quantitative estimate of drug-likeness (QED) is 0.825. The highest BCUT2D eigenvalue weighted by Gasteiger charge is 2.16. The molecule has 2 rings (SSSR count). The van der Waals surface area contributed by atoms with Crippen molar-refractivity contribution in [3.8, 4) is 0 Å². The minimum Gasteiger partial charge on any atom is -0.330 e. The molecule has 0 bridgehead atoms. The molecule has 0 aliphatic carbocycles. The number of carbonyl (C=O) groups excluding carboxylic acids is 1. The minimum absolute atomic E-state index is 0. The lowest BCUT2D eigenvalue weighted by Crippen LogP contribution is -2.26. The Morgan fingerprint density at radius 3 is 2.57 bits per heavy atom. The summed E-state index contributed by atoms with van der Waals surface area (Å²) in [5.41, 5.74) is 8.21. The number of nitrogens with zero attached hydrogens (tertiary/aromatic N) is 2. The largest absolute Gasteiger partial charge is 0.330 e. The van der Waals surface area contributed by atoms with Crippen LogP contribution >= 0.6 is 23.7 Å². The lowest BCUT2D eigenvalue weighted by molar-refractivity contribution is 0.0989. The lowest BCUT2D eigenvalue weighted by Gasteiger charge is -2.16. The fourth-order valence-electron chi connectivity index (χ4n) is 2.20. The zero-order valence-corrected chi connectivity index (χ0v) is 15.3. The van der Waals surface area contributed by atoms with E-state index < -0.39 is 0 Å². The van der Waals surface area contributed by atoms with Gasteiger partial charge >= 0.3 is 0 Å². The van der Waals surface area contributed by atoms with Gasteiger partial charge in [0.2, 0.25) is 0 Å². The number of aromatic nitrogens is 1. The van der Waals surface area contributed by atoms with Crippen LogP contribution in [0, 0.1) is 0 Å². The molecular formula is C17H24ClN3OS. The van der Waals surface area contributed by atoms with Gasteiger partial charge in [0, 0.05) is 24.5 Å². The van der Waals surface area contributed by atoms with E-state index in [1.807, 2.05) is 12.1 Å². The van der Waals surface area contributed by atoms with Crippen molar-refractivity contribution >= 4 is 35.3 Å². The van der Waals surface area contributed by atoms with Gasteiger partial charge < -0.3 is 10.6 Å². The first-order valence-corrected chi connectivity index (χ1v) is 8.55. The van der Waals surface area contributed by atoms with Gasteiger partial charge in [-0.05, 0) is 37.1 Å². The summed E-state index contributed by atoms with van der Waals surface area (Å²) in [4.78, 5) is 18.5. The molecule has 23 heavy (non-hydrogen) atoms. The number of anilines is 1. The van der Waals surface area contributed by atoms with Crippen LogP contribution in [0.1, 0.15) is 40.8 Å². The van der Waals surface area contributed by atoms with Crippen LogP contribution < -0.4 is 10.6 Å². The summed E-state index contributed by atoms with van der Waals surface area (Å²) >= 11 is 1.49. The summed E-state index contributed by atoms with van der Waals surface area (Å²) in [5, 5.41) is 2.72. The summed E-state index contributed by atoms with van der Waals surface area (Å²) in [5.74, 6) is -0.0826. The molecule has 2 aromatic rings. The number of aryl methyl sites for hydroxylation is 1. The third kappa shape index (κ3) is 5.30. The maximum absolute atomic E-state index is 12.5. The van der Waals surface area contributed by atoms with Gasteiger partial charge in [0.15, 0.2) is 0 Å². The Balaban J connectivity index is 0.00000264. The molecule has 0 atom stereocenters. The van der Waals surface area contributed by atoms with Crippen molar-refractivity contribution in [2.45, 2.75) is 32.6 Å². The number of unbranched alkanes of at least 4 members (excludes halogenated alkanes) is 1. The van der Waals surface area contributed by atoms with Gasteiger partial charge in [0.25, 0.3) is 5.91 Å². The fourth-order valence-corrected chi connectivity index (χ4v) is 2.99. The summed E-state index contributed by atoms with van der Waals surface area (Å²) in [6.45, 7) is 2.74. The highest BCUT2D eigenvalue weighted by atomic mass is 35.5. The van der Waals surface area contributed by atoms with E-state index in [1.54, 1.807) is 17.3 Å². The van der Waals surface area contributed by atoms with Gasteiger partial charge in [0.05, 0.1) is 5.01 Å². The van der Waals surface area contributed by atoms with Crippen molar-refractivity contribution in [2.24, 2.45) is 5.73 Å². The minimum atomic E-state index is -0.0826. The van der Waals surface area contributed by atoms with E-state index in [0.717, 1.165) is 17.1 Å². The van der Waals surface area contributed by atoms with E-state index in [-0.39, 0.29) is 18.3 Å². The molecule has 0 aliphatic heterocycles. The fraction of sp³-hybridized carbons (Fsp3) is 0.412. The topological polar surface area (TPSA) is 59.2 Å². The van der Waals surface area contributed by atoms with Crippen molar-refractivity contribution in [1.29, 1.82) is 0 Å². The van der Waals surface area contributed by atoms with Crippen LogP contribution in [-0.2, 0) is 12.8 Å². The van der Waals surface area contributed by atoms with Crippen LogP contribution in [-0.4, -0.2) is 24.5 Å². The second-order valence-electron chi connectivity index (χ2n) is 5.30. The maximum atomic E-state index is 12.5. The Kier molecular flexibility index (Phi) is 8.23. The molecule has 6 heteroatoms. The van der Waals surface area contributed by atoms with Crippen LogP contribution in [0.25, 0.3) is 0 Å². The average molecular weight is 354 g/mol. The second kappa shape index (κ2) is 9.65. The van der Waals surface area contributed by atoms with Crippen LogP contribution in [0.5, 0.6) is 0 Å². The van der Waals surface area contributed by atoms with E-state index in [1.165, 1.54) is 29.7 Å². The number of thiazole rings is 1. The van der Waals surface area contributed by atoms with Crippen molar-refractivity contribution < 1.29 is 4.79 Å². The zero-order valence-electron chi connectivity index (χ0n) is 13.6. The van der Waals surface area contributed by atoms with Gasteiger partial charge in [-0.3, -0.25) is 4.79 Å². The van der Waals surface area contributed by atoms with E-state index >= 15 is 0 Å². The normalized spacial score (nSPS) is 10.2. The standard InChI is InChI=1S/C17H23N3OS.ClH/c1-3-4-5-13-6-8-14(9-7-13)20(2)17(21)15-12-22-16(19-15)10-11-18;/h6-9,12H,3-5,10-11,18H2,1-2H3;1H. The SMILES string of the molecule is CCCCc1ccc(N(C)C(=O)c2csc(CCN)n2)cc1.Cl. The third-order valence-electron chi connectivity index (χ3n) is 3.58. The molecule has 0 fully saturated rings. The number of carbonyl (C=O) groups is 1. The molecule has 1 amide bonds. The molecule has 1 aromatic carbocycles. The summed E-state index contributed by atoms with van der Waals surface area (Å²) in [7, 11) is 1.78. The Hall–Kier alpha value is -1.43. The first-order chi connectivity index (χ1) is 10.7. The van der Waals surface area contributed by atoms with Gasteiger partial charge in [-0.25, -0.2) is 4.98 Å². The van der Waals surface area contributed by atoms with Crippen LogP contribution in [0.15, 0.2) is 29.6 Å². The number of rotatable bonds is 7. The first kappa shape index (κ1) is 19.6. The van der Waals surface area contributed by atoms with Gasteiger partial charge in [-0.1, -0.05) is 25.5 Å². The van der Waals surface area contributed by atoms with E-state index in [0.29, 0.717) is 18.7 Å². The molecule has 1 heterocycles. The molecular weight excluding hydrogens is 330 g/mol. The highest BCUT2D eigenvalue weighted by molar-refractivity contribution is 7.09. The maximum Gasteiger partial charge on any atom is 0.277 e. The van der Waals surface area contributed by atoms with Crippen molar-refractivity contribution in [3.05, 3.63) is 45.9 Å². The molecule has 4 nitrogen and oxygen atoms in total. The molecule has 1 aromatic heterocycles. The first-order valence-electron chi connectivity index (χ1n) is 7.67.